The average molecular weight is 244 g/mol. The summed E-state index contributed by atoms with van der Waals surface area (Å²) >= 11 is 3.32. The van der Waals surface area contributed by atoms with Crippen molar-refractivity contribution in [1.29, 1.82) is 5.41 Å². The predicted octanol–water partition coefficient (Wildman–Crippen LogP) is 2.45. The number of methoxy groups -OCH3 is 1. The zero-order valence-electron chi connectivity index (χ0n) is 7.21. The average Bonchev–Trinajstić information content (AvgIpc) is 2.14. The van der Waals surface area contributed by atoms with E-state index < -0.39 is 0 Å². The van der Waals surface area contributed by atoms with E-state index in [4.69, 9.17) is 10.1 Å². The second-order valence-corrected chi connectivity index (χ2v) is 3.29. The highest BCUT2D eigenvalue weighted by atomic mass is 79.9. The fourth-order valence-corrected chi connectivity index (χ4v) is 1.14. The number of rotatable bonds is 3. The van der Waals surface area contributed by atoms with Crippen molar-refractivity contribution >= 4 is 21.8 Å². The second kappa shape index (κ2) is 4.87. The summed E-state index contributed by atoms with van der Waals surface area (Å²) in [4.78, 5) is 0. The molecule has 13 heavy (non-hydrogen) atoms. The van der Waals surface area contributed by atoms with Crippen molar-refractivity contribution < 1.29 is 9.47 Å². The first-order valence-electron chi connectivity index (χ1n) is 3.72. The Morgan fingerprint density at radius 3 is 2.92 bits per heavy atom. The van der Waals surface area contributed by atoms with Crippen LogP contribution in [0.1, 0.15) is 0 Å². The van der Waals surface area contributed by atoms with Gasteiger partial charge in [0.2, 0.25) is 5.90 Å². The third kappa shape index (κ3) is 3.46. The molecule has 0 aliphatic rings. The van der Waals surface area contributed by atoms with Crippen LogP contribution in [0.3, 0.4) is 0 Å². The third-order valence-corrected chi connectivity index (χ3v) is 1.91. The van der Waals surface area contributed by atoms with Crippen LogP contribution in [0.2, 0.25) is 0 Å². The number of halogens is 1. The minimum Gasteiger partial charge on any atom is -0.484 e. The lowest BCUT2D eigenvalue weighted by molar-refractivity contribution is 0.309. The Balaban J connectivity index is 2.50. The molecule has 0 unspecified atom stereocenters. The molecule has 0 aromatic heterocycles. The first-order valence-corrected chi connectivity index (χ1v) is 4.51. The molecule has 0 aliphatic carbocycles. The van der Waals surface area contributed by atoms with E-state index in [-0.39, 0.29) is 12.5 Å². The molecule has 0 aliphatic heterocycles. The monoisotopic (exact) mass is 243 g/mol. The van der Waals surface area contributed by atoms with Crippen molar-refractivity contribution in [2.45, 2.75) is 0 Å². The van der Waals surface area contributed by atoms with Gasteiger partial charge in [-0.15, -0.1) is 0 Å². The van der Waals surface area contributed by atoms with Gasteiger partial charge in [0, 0.05) is 4.47 Å². The molecule has 0 saturated carbocycles. The molecular weight excluding hydrogens is 234 g/mol. The molecule has 0 spiro atoms. The summed E-state index contributed by atoms with van der Waals surface area (Å²) in [6, 6.07) is 7.45. The molecule has 0 amide bonds. The standard InChI is InChI=1S/C9H10BrNO2/c1-12-9(11)6-13-8-4-2-3-7(10)5-8/h2-5,11H,6H2,1H3. The zero-order valence-corrected chi connectivity index (χ0v) is 8.80. The number of ether oxygens (including phenoxy) is 2. The predicted molar refractivity (Wildman–Crippen MR) is 54.4 cm³/mol. The van der Waals surface area contributed by atoms with Crippen molar-refractivity contribution in [3.05, 3.63) is 28.7 Å². The van der Waals surface area contributed by atoms with Crippen LogP contribution in [0.5, 0.6) is 5.75 Å². The topological polar surface area (TPSA) is 42.3 Å². The number of hydrogen-bond acceptors (Lipinski definition) is 3. The van der Waals surface area contributed by atoms with Crippen LogP contribution in [0, 0.1) is 5.41 Å². The van der Waals surface area contributed by atoms with Crippen molar-refractivity contribution in [3.8, 4) is 5.75 Å². The molecule has 0 fully saturated rings. The smallest absolute Gasteiger partial charge is 0.219 e. The maximum Gasteiger partial charge on any atom is 0.219 e. The minimum absolute atomic E-state index is 0.111. The van der Waals surface area contributed by atoms with E-state index in [1.165, 1.54) is 7.11 Å². The normalized spacial score (nSPS) is 9.38. The van der Waals surface area contributed by atoms with Gasteiger partial charge >= 0.3 is 0 Å². The Morgan fingerprint density at radius 1 is 1.54 bits per heavy atom. The van der Waals surface area contributed by atoms with E-state index in [0.29, 0.717) is 0 Å². The lowest BCUT2D eigenvalue weighted by Crippen LogP contribution is -2.11. The molecule has 0 heterocycles. The number of nitrogens with one attached hydrogen (secondary N) is 1. The van der Waals surface area contributed by atoms with E-state index in [0.717, 1.165) is 10.2 Å². The van der Waals surface area contributed by atoms with Crippen LogP contribution in [0.4, 0.5) is 0 Å². The first-order chi connectivity index (χ1) is 6.22. The Bertz CT molecular complexity index is 301. The van der Waals surface area contributed by atoms with Gasteiger partial charge in [-0.25, -0.2) is 0 Å². The van der Waals surface area contributed by atoms with Crippen LogP contribution >= 0.6 is 15.9 Å². The molecule has 70 valence electrons. The van der Waals surface area contributed by atoms with Gasteiger partial charge in [0.15, 0.2) is 6.61 Å². The summed E-state index contributed by atoms with van der Waals surface area (Å²) < 4.78 is 10.9. The third-order valence-electron chi connectivity index (χ3n) is 1.41. The number of benzene rings is 1. The summed E-state index contributed by atoms with van der Waals surface area (Å²) in [5, 5.41) is 7.18. The quantitative estimate of drug-likeness (QED) is 0.655. The molecule has 1 aromatic rings. The van der Waals surface area contributed by atoms with Gasteiger partial charge in [-0.3, -0.25) is 5.41 Å². The molecule has 1 N–H and O–H groups in total. The van der Waals surface area contributed by atoms with E-state index in [9.17, 15) is 0 Å². The second-order valence-electron chi connectivity index (χ2n) is 2.37. The molecule has 1 aromatic carbocycles. The molecule has 0 saturated heterocycles. The SMILES string of the molecule is COC(=N)COc1cccc(Br)c1. The van der Waals surface area contributed by atoms with Crippen molar-refractivity contribution in [1.82, 2.24) is 0 Å². The van der Waals surface area contributed by atoms with Crippen LogP contribution < -0.4 is 4.74 Å². The highest BCUT2D eigenvalue weighted by Gasteiger charge is 1.97. The van der Waals surface area contributed by atoms with Crippen LogP contribution in [-0.4, -0.2) is 19.6 Å². The van der Waals surface area contributed by atoms with Gasteiger partial charge < -0.3 is 9.47 Å². The summed E-state index contributed by atoms with van der Waals surface area (Å²) in [5.41, 5.74) is 0. The highest BCUT2D eigenvalue weighted by molar-refractivity contribution is 9.10. The Hall–Kier alpha value is -1.03. The summed E-state index contributed by atoms with van der Waals surface area (Å²) in [6.45, 7) is 0.160. The minimum atomic E-state index is 0.111. The lowest BCUT2D eigenvalue weighted by Gasteiger charge is -2.05. The Kier molecular flexibility index (Phi) is 3.76. The van der Waals surface area contributed by atoms with Crippen LogP contribution in [-0.2, 0) is 4.74 Å². The summed E-state index contributed by atoms with van der Waals surface area (Å²) in [7, 11) is 1.45. The Labute approximate surface area is 85.3 Å². The lowest BCUT2D eigenvalue weighted by atomic mass is 10.3. The molecule has 1 rings (SSSR count). The largest absolute Gasteiger partial charge is 0.484 e. The van der Waals surface area contributed by atoms with Crippen LogP contribution in [0.15, 0.2) is 28.7 Å². The number of hydrogen-bond donors (Lipinski definition) is 1. The fraction of sp³-hybridized carbons (Fsp3) is 0.222. The zero-order chi connectivity index (χ0) is 9.68. The van der Waals surface area contributed by atoms with Gasteiger partial charge in [-0.2, -0.15) is 0 Å². The molecule has 3 nitrogen and oxygen atoms in total. The van der Waals surface area contributed by atoms with Gasteiger partial charge in [-0.05, 0) is 18.2 Å². The molecule has 0 bridgehead atoms. The summed E-state index contributed by atoms with van der Waals surface area (Å²) in [5.74, 6) is 0.830. The fourth-order valence-electron chi connectivity index (χ4n) is 0.765. The molecular formula is C9H10BrNO2. The Morgan fingerprint density at radius 2 is 2.31 bits per heavy atom. The van der Waals surface area contributed by atoms with Crippen molar-refractivity contribution in [2.24, 2.45) is 0 Å². The highest BCUT2D eigenvalue weighted by Crippen LogP contribution is 2.17. The van der Waals surface area contributed by atoms with Gasteiger partial charge in [0.25, 0.3) is 0 Å². The molecule has 0 atom stereocenters. The van der Waals surface area contributed by atoms with Gasteiger partial charge in [-0.1, -0.05) is 22.0 Å². The van der Waals surface area contributed by atoms with Crippen molar-refractivity contribution in [2.75, 3.05) is 13.7 Å². The molecule has 4 heteroatoms. The maximum atomic E-state index is 7.18. The van der Waals surface area contributed by atoms with Crippen molar-refractivity contribution in [3.63, 3.8) is 0 Å². The van der Waals surface area contributed by atoms with Gasteiger partial charge in [0.1, 0.15) is 5.75 Å². The summed E-state index contributed by atoms with van der Waals surface area (Å²) in [6.07, 6.45) is 0. The van der Waals surface area contributed by atoms with E-state index in [1.807, 2.05) is 24.3 Å². The first kappa shape index (κ1) is 10.1. The van der Waals surface area contributed by atoms with E-state index >= 15 is 0 Å². The van der Waals surface area contributed by atoms with E-state index in [2.05, 4.69) is 20.7 Å². The maximum absolute atomic E-state index is 7.18. The van der Waals surface area contributed by atoms with Crippen LogP contribution in [0.25, 0.3) is 0 Å². The molecule has 0 radical (unpaired) electrons. The van der Waals surface area contributed by atoms with E-state index in [1.54, 1.807) is 0 Å². The van der Waals surface area contributed by atoms with Gasteiger partial charge in [0.05, 0.1) is 7.11 Å².